The first-order valence-electron chi connectivity index (χ1n) is 10.4. The zero-order chi connectivity index (χ0) is 22.2. The summed E-state index contributed by atoms with van der Waals surface area (Å²) in [7, 11) is 0. The van der Waals surface area contributed by atoms with Crippen molar-refractivity contribution in [2.45, 2.75) is 52.0 Å². The minimum Gasteiger partial charge on any atom is -0.337 e. The minimum atomic E-state index is 0.163. The highest BCUT2D eigenvalue weighted by molar-refractivity contribution is 6.30. The molecule has 3 aromatic rings. The number of pyridine rings is 1. The lowest BCUT2D eigenvalue weighted by molar-refractivity contribution is -0.115. The molecular formula is C23H26ClN5O2. The molecule has 1 saturated carbocycles. The number of nitrogens with zero attached hydrogens (tertiary/aromatic N) is 5. The number of hydrogen-bond acceptors (Lipinski definition) is 6. The van der Waals surface area contributed by atoms with E-state index in [4.69, 9.17) is 16.1 Å². The van der Waals surface area contributed by atoms with Gasteiger partial charge in [0.2, 0.25) is 12.3 Å². The number of aryl methyl sites for hydroxylation is 1. The van der Waals surface area contributed by atoms with Crippen molar-refractivity contribution in [1.82, 2.24) is 20.0 Å². The largest absolute Gasteiger partial charge is 0.337 e. The van der Waals surface area contributed by atoms with Gasteiger partial charge in [-0.1, -0.05) is 48.8 Å². The summed E-state index contributed by atoms with van der Waals surface area (Å²) < 4.78 is 5.33. The fourth-order valence-electron chi connectivity index (χ4n) is 3.36. The number of amides is 1. The van der Waals surface area contributed by atoms with Gasteiger partial charge in [0.05, 0.1) is 6.34 Å². The van der Waals surface area contributed by atoms with Crippen LogP contribution in [0.25, 0.3) is 0 Å². The number of benzene rings is 1. The van der Waals surface area contributed by atoms with Crippen LogP contribution in [-0.4, -0.2) is 32.8 Å². The molecular weight excluding hydrogens is 414 g/mol. The lowest BCUT2D eigenvalue weighted by Gasteiger charge is -2.33. The molecule has 1 aliphatic rings. The summed E-state index contributed by atoms with van der Waals surface area (Å²) in [6.45, 7) is 6.07. The summed E-state index contributed by atoms with van der Waals surface area (Å²) in [5.41, 5.74) is 2.17. The van der Waals surface area contributed by atoms with E-state index in [0.717, 1.165) is 23.4 Å². The van der Waals surface area contributed by atoms with Gasteiger partial charge < -0.3 is 4.52 Å². The van der Waals surface area contributed by atoms with Gasteiger partial charge in [-0.2, -0.15) is 4.98 Å². The van der Waals surface area contributed by atoms with Crippen LogP contribution in [-0.2, 0) is 11.3 Å². The predicted octanol–water partition coefficient (Wildman–Crippen LogP) is 5.43. The van der Waals surface area contributed by atoms with E-state index in [1.807, 2.05) is 51.1 Å². The maximum atomic E-state index is 11.4. The molecule has 0 atom stereocenters. The lowest BCUT2D eigenvalue weighted by Crippen LogP contribution is -2.22. The van der Waals surface area contributed by atoms with Gasteiger partial charge in [-0.05, 0) is 55.0 Å². The van der Waals surface area contributed by atoms with Crippen molar-refractivity contribution in [2.75, 3.05) is 0 Å². The van der Waals surface area contributed by atoms with E-state index in [-0.39, 0.29) is 12.5 Å². The Balaban J connectivity index is 0.00000132. The van der Waals surface area contributed by atoms with Crippen molar-refractivity contribution in [3.05, 3.63) is 70.5 Å². The molecule has 0 aliphatic heterocycles. The second-order valence-electron chi connectivity index (χ2n) is 7.13. The minimum absolute atomic E-state index is 0.163. The summed E-state index contributed by atoms with van der Waals surface area (Å²) in [5, 5.41) is 4.85. The van der Waals surface area contributed by atoms with Crippen LogP contribution in [0.15, 0.2) is 52.1 Å². The van der Waals surface area contributed by atoms with Crippen molar-refractivity contribution in [3.63, 3.8) is 0 Å². The molecule has 0 radical (unpaired) electrons. The van der Waals surface area contributed by atoms with E-state index < -0.39 is 0 Å². The number of carbonyl (C=O) groups is 1. The molecule has 1 aromatic carbocycles. The van der Waals surface area contributed by atoms with Gasteiger partial charge in [0.25, 0.3) is 0 Å². The highest BCUT2D eigenvalue weighted by Crippen LogP contribution is 2.46. The van der Waals surface area contributed by atoms with E-state index >= 15 is 0 Å². The molecule has 7 nitrogen and oxygen atoms in total. The second kappa shape index (κ2) is 10.8. The average molecular weight is 440 g/mol. The van der Waals surface area contributed by atoms with E-state index in [2.05, 4.69) is 26.2 Å². The molecule has 0 bridgehead atoms. The number of rotatable bonds is 7. The van der Waals surface area contributed by atoms with Gasteiger partial charge in [0, 0.05) is 17.1 Å². The van der Waals surface area contributed by atoms with Crippen LogP contribution in [0.2, 0.25) is 5.02 Å². The summed E-state index contributed by atoms with van der Waals surface area (Å²) in [4.78, 5) is 25.6. The molecule has 1 fully saturated rings. The molecule has 1 aliphatic carbocycles. The van der Waals surface area contributed by atoms with Gasteiger partial charge in [0.15, 0.2) is 11.6 Å². The summed E-state index contributed by atoms with van der Waals surface area (Å²) in [6.07, 6.45) is 5.66. The Morgan fingerprint density at radius 3 is 2.74 bits per heavy atom. The normalized spacial score (nSPS) is 17.5. The van der Waals surface area contributed by atoms with E-state index in [0.29, 0.717) is 29.9 Å². The molecule has 0 N–H and O–H groups in total. The van der Waals surface area contributed by atoms with Crippen molar-refractivity contribution in [1.29, 1.82) is 0 Å². The lowest BCUT2D eigenvalue weighted by atomic mass is 9.71. The molecule has 8 heteroatoms. The van der Waals surface area contributed by atoms with Crippen molar-refractivity contribution in [2.24, 2.45) is 4.99 Å². The fraction of sp³-hybridized carbons (Fsp3) is 0.348. The zero-order valence-electron chi connectivity index (χ0n) is 17.9. The smallest absolute Gasteiger partial charge is 0.246 e. The first kappa shape index (κ1) is 22.6. The van der Waals surface area contributed by atoms with Gasteiger partial charge >= 0.3 is 0 Å². The quantitative estimate of drug-likeness (QED) is 0.278. The van der Waals surface area contributed by atoms with Gasteiger partial charge in [0.1, 0.15) is 6.54 Å². The highest BCUT2D eigenvalue weighted by Gasteiger charge is 2.34. The third-order valence-electron chi connectivity index (χ3n) is 5.07. The van der Waals surface area contributed by atoms with Gasteiger partial charge in [-0.15, -0.1) is 0 Å². The molecule has 2 heterocycles. The topological polar surface area (TPSA) is 84.5 Å². The molecule has 0 saturated heterocycles. The summed E-state index contributed by atoms with van der Waals surface area (Å²) >= 11 is 6.07. The number of hydrogen-bond donors (Lipinski definition) is 0. The van der Waals surface area contributed by atoms with Crippen LogP contribution in [0, 0.1) is 6.92 Å². The van der Waals surface area contributed by atoms with Crippen molar-refractivity contribution in [3.8, 4) is 0 Å². The summed E-state index contributed by atoms with van der Waals surface area (Å²) in [6, 6.07) is 11.7. The van der Waals surface area contributed by atoms with E-state index in [1.165, 1.54) is 16.8 Å². The van der Waals surface area contributed by atoms with E-state index in [1.54, 1.807) is 6.20 Å². The molecule has 0 unspecified atom stereocenters. The van der Waals surface area contributed by atoms with E-state index in [9.17, 15) is 4.79 Å². The molecule has 2 aromatic heterocycles. The first-order valence-corrected chi connectivity index (χ1v) is 10.7. The number of halogens is 1. The second-order valence-corrected chi connectivity index (χ2v) is 7.57. The first-order chi connectivity index (χ1) is 15.1. The Kier molecular flexibility index (Phi) is 7.89. The SMILES string of the molecule is CC.Cc1cccnc1/N=C\N(C=O)Cc1nc(C2CC(c3cccc(Cl)c3)C2)no1. The van der Waals surface area contributed by atoms with Crippen LogP contribution in [0.4, 0.5) is 5.82 Å². The Morgan fingerprint density at radius 2 is 2.03 bits per heavy atom. The van der Waals surface area contributed by atoms with Gasteiger partial charge in [-0.25, -0.2) is 9.98 Å². The highest BCUT2D eigenvalue weighted by atomic mass is 35.5. The Hall–Kier alpha value is -3.06. The van der Waals surface area contributed by atoms with Crippen LogP contribution in [0.5, 0.6) is 0 Å². The zero-order valence-corrected chi connectivity index (χ0v) is 18.7. The monoisotopic (exact) mass is 439 g/mol. The van der Waals surface area contributed by atoms with Crippen molar-refractivity contribution < 1.29 is 9.32 Å². The standard InChI is InChI=1S/C21H20ClN5O2.C2H6/c1-14-4-3-7-23-20(14)24-12-27(13-28)11-19-25-21(26-29-19)17-8-16(9-17)15-5-2-6-18(22)10-15;1-2/h2-7,10,12-13,16-17H,8-9,11H2,1H3;1-2H3/b24-12-;. The van der Waals surface area contributed by atoms with Crippen LogP contribution in [0.1, 0.15) is 61.4 Å². The average Bonchev–Trinajstić information content (AvgIpc) is 3.20. The maximum Gasteiger partial charge on any atom is 0.246 e. The van der Waals surface area contributed by atoms with Crippen LogP contribution in [0.3, 0.4) is 0 Å². The van der Waals surface area contributed by atoms with Gasteiger partial charge in [-0.3, -0.25) is 9.69 Å². The maximum absolute atomic E-state index is 11.4. The van der Waals surface area contributed by atoms with Crippen molar-refractivity contribution >= 4 is 30.2 Å². The number of aliphatic imine (C=N–C) groups is 1. The Morgan fingerprint density at radius 1 is 1.23 bits per heavy atom. The molecule has 162 valence electrons. The molecule has 4 rings (SSSR count). The van der Waals surface area contributed by atoms with Crippen LogP contribution < -0.4 is 0 Å². The Bertz CT molecular complexity index is 1030. The predicted molar refractivity (Wildman–Crippen MR) is 121 cm³/mol. The summed E-state index contributed by atoms with van der Waals surface area (Å²) in [5.74, 6) is 2.34. The number of aromatic nitrogens is 3. The third kappa shape index (κ3) is 5.76. The third-order valence-corrected chi connectivity index (χ3v) is 5.31. The van der Waals surface area contributed by atoms with Crippen LogP contribution >= 0.6 is 11.6 Å². The molecule has 1 amide bonds. The molecule has 31 heavy (non-hydrogen) atoms. The fourth-order valence-corrected chi connectivity index (χ4v) is 3.56. The molecule has 0 spiro atoms. The Labute approximate surface area is 187 Å². The number of carbonyl (C=O) groups excluding carboxylic acids is 1.